The van der Waals surface area contributed by atoms with Crippen LogP contribution in [0.5, 0.6) is 0 Å². The minimum atomic E-state index is -4.45. The molecule has 3 aliphatic heterocycles. The van der Waals surface area contributed by atoms with Crippen molar-refractivity contribution >= 4 is 13.8 Å². The van der Waals surface area contributed by atoms with E-state index in [1.54, 1.807) is 0 Å². The maximum atomic E-state index is 11.9. The van der Waals surface area contributed by atoms with Gasteiger partial charge in [-0.05, 0) is 0 Å². The van der Waals surface area contributed by atoms with Crippen molar-refractivity contribution < 1.29 is 33.5 Å². The van der Waals surface area contributed by atoms with Crippen molar-refractivity contribution in [1.82, 2.24) is 9.97 Å². The molecule has 6 N–H and O–H groups in total. The minimum Gasteiger partial charge on any atom is -0.369 e. The molecule has 2 fully saturated rings. The molecule has 2 saturated heterocycles. The monoisotopic (exact) mass is 361 g/mol. The molecule has 1 aromatic rings. The van der Waals surface area contributed by atoms with Gasteiger partial charge >= 0.3 is 7.82 Å². The third-order valence-electron chi connectivity index (χ3n) is 3.84. The number of phosphoric acid groups is 1. The number of fused-ring (bicyclic) bond motifs is 3. The summed E-state index contributed by atoms with van der Waals surface area (Å²) in [6.07, 6.45) is -3.93. The zero-order valence-corrected chi connectivity index (χ0v) is 12.7. The van der Waals surface area contributed by atoms with Crippen LogP contribution >= 0.6 is 7.82 Å². The van der Waals surface area contributed by atoms with E-state index < -0.39 is 50.3 Å². The van der Waals surface area contributed by atoms with Crippen LogP contribution in [-0.4, -0.2) is 61.9 Å². The van der Waals surface area contributed by atoms with Crippen LogP contribution in [0.3, 0.4) is 0 Å². The first-order valence-corrected chi connectivity index (χ1v) is 8.24. The number of phosphoric ester groups is 1. The Morgan fingerprint density at radius 3 is 2.88 bits per heavy atom. The number of rotatable bonds is 0. The van der Waals surface area contributed by atoms with Crippen LogP contribution in [-0.2, 0) is 18.3 Å². The van der Waals surface area contributed by atoms with E-state index >= 15 is 0 Å². The van der Waals surface area contributed by atoms with Crippen molar-refractivity contribution in [2.45, 2.75) is 30.3 Å². The van der Waals surface area contributed by atoms with Crippen molar-refractivity contribution in [3.05, 3.63) is 21.2 Å². The van der Waals surface area contributed by atoms with Crippen LogP contribution < -0.4 is 22.1 Å². The van der Waals surface area contributed by atoms with E-state index in [2.05, 4.69) is 24.5 Å². The van der Waals surface area contributed by atoms with Gasteiger partial charge in [-0.15, -0.1) is 0 Å². The summed E-state index contributed by atoms with van der Waals surface area (Å²) in [6.45, 7) is -0.419. The van der Waals surface area contributed by atoms with Crippen LogP contribution in [0.1, 0.15) is 0 Å². The van der Waals surface area contributed by atoms with Gasteiger partial charge in [0.05, 0.1) is 6.61 Å². The normalized spacial score (nSPS) is 39.6. The van der Waals surface area contributed by atoms with E-state index in [0.717, 1.165) is 0 Å². The van der Waals surface area contributed by atoms with Gasteiger partial charge in [-0.1, -0.05) is 0 Å². The second-order valence-corrected chi connectivity index (χ2v) is 6.87. The van der Waals surface area contributed by atoms with Crippen molar-refractivity contribution in [1.29, 1.82) is 0 Å². The van der Waals surface area contributed by atoms with Crippen molar-refractivity contribution in [3.8, 4) is 0 Å². The summed E-state index contributed by atoms with van der Waals surface area (Å²) in [7, 11) is -4.45. The number of nitrogens with one attached hydrogen (secondary N) is 1. The third-order valence-corrected chi connectivity index (χ3v) is 4.81. The van der Waals surface area contributed by atoms with Crippen molar-refractivity contribution in [2.75, 3.05) is 12.3 Å². The molecule has 0 bridgehead atoms. The molecule has 3 aliphatic rings. The minimum absolute atomic E-state index is 0.114. The lowest BCUT2D eigenvalue weighted by molar-refractivity contribution is -0.319. The fraction of sp³-hybridized carbons (Fsp3) is 0.600. The van der Waals surface area contributed by atoms with Gasteiger partial charge < -0.3 is 25.6 Å². The van der Waals surface area contributed by atoms with Gasteiger partial charge in [0, 0.05) is 0 Å². The van der Waals surface area contributed by atoms with Crippen LogP contribution in [0.4, 0.5) is 5.95 Å². The Hall–Kier alpha value is -1.73. The summed E-state index contributed by atoms with van der Waals surface area (Å²) >= 11 is 0. The number of aromatic amines is 1. The molecule has 1 aromatic heterocycles. The maximum absolute atomic E-state index is 11.9. The molecule has 4 rings (SSSR count). The number of hydrogen-bond donors (Lipinski definition) is 5. The lowest BCUT2D eigenvalue weighted by atomic mass is 9.92. The molecule has 4 heterocycles. The molecule has 13 nitrogen and oxygen atoms in total. The van der Waals surface area contributed by atoms with Gasteiger partial charge in [-0.2, -0.15) is 4.98 Å². The number of nitrogen functional groups attached to an aromatic ring is 1. The lowest BCUT2D eigenvalue weighted by Crippen LogP contribution is -2.70. The van der Waals surface area contributed by atoms with E-state index in [1.165, 1.54) is 0 Å². The highest BCUT2D eigenvalue weighted by molar-refractivity contribution is 7.47. The standard InChI is InChI=1S/C10H12N5O8P/c11-9-14-6-3(7(16)15-9)12-4-8(13-6)22-2-1-21-24(19,20)23-5(2)10(4,17)18/h2,4-5,8,17-18H,1H2,(H,19,20)(H3,11,13,14,15,16)/t2-,4-,5+,8-/m1/s1. The highest BCUT2D eigenvalue weighted by atomic mass is 31.2. The third kappa shape index (κ3) is 2.29. The fourth-order valence-electron chi connectivity index (χ4n) is 2.79. The number of nitrogens with zero attached hydrogens (tertiary/aromatic N) is 3. The van der Waals surface area contributed by atoms with Crippen LogP contribution in [0.2, 0.25) is 0 Å². The smallest absolute Gasteiger partial charge is 0.369 e. The lowest BCUT2D eigenvalue weighted by Gasteiger charge is -2.48. The van der Waals surface area contributed by atoms with Gasteiger partial charge in [0.1, 0.15) is 6.10 Å². The first kappa shape index (κ1) is 15.8. The number of nitrogens with two attached hydrogens (primary N) is 1. The number of hydrogen-bond acceptors (Lipinski definition) is 11. The Bertz CT molecular complexity index is 930. The Morgan fingerprint density at radius 2 is 2.12 bits per heavy atom. The van der Waals surface area contributed by atoms with E-state index in [-0.39, 0.29) is 16.8 Å². The molecule has 0 aromatic carbocycles. The Kier molecular flexibility index (Phi) is 3.22. The van der Waals surface area contributed by atoms with E-state index in [4.69, 9.17) is 15.0 Å². The second kappa shape index (κ2) is 4.89. The van der Waals surface area contributed by atoms with E-state index in [9.17, 15) is 24.5 Å². The molecule has 1 unspecified atom stereocenters. The molecular weight excluding hydrogens is 349 g/mol. The van der Waals surface area contributed by atoms with Gasteiger partial charge in [0.2, 0.25) is 11.7 Å². The van der Waals surface area contributed by atoms with Gasteiger partial charge in [-0.25, -0.2) is 9.56 Å². The van der Waals surface area contributed by atoms with Gasteiger partial charge in [-0.3, -0.25) is 23.8 Å². The summed E-state index contributed by atoms with van der Waals surface area (Å²) < 4.78 is 26.3. The average Bonchev–Trinajstić information content (AvgIpc) is 2.47. The number of aromatic nitrogens is 2. The number of ether oxygens (including phenoxy) is 1. The fourth-order valence-corrected chi connectivity index (χ4v) is 3.76. The topological polar surface area (TPSA) is 202 Å². The molecular formula is C10H12N5O8P. The highest BCUT2D eigenvalue weighted by Crippen LogP contribution is 2.52. The van der Waals surface area contributed by atoms with Crippen LogP contribution in [0, 0.1) is 0 Å². The molecule has 5 atom stereocenters. The van der Waals surface area contributed by atoms with E-state index in [1.807, 2.05) is 0 Å². The summed E-state index contributed by atoms with van der Waals surface area (Å²) in [5, 5.41) is 20.6. The van der Waals surface area contributed by atoms with Gasteiger partial charge in [0.15, 0.2) is 29.2 Å². The second-order valence-electron chi connectivity index (χ2n) is 5.46. The Balaban J connectivity index is 1.84. The summed E-state index contributed by atoms with van der Waals surface area (Å²) in [6, 6.07) is -1.48. The number of H-pyrrole nitrogens is 1. The first-order chi connectivity index (χ1) is 11.2. The van der Waals surface area contributed by atoms with Crippen molar-refractivity contribution in [3.63, 3.8) is 0 Å². The molecule has 0 spiro atoms. The zero-order valence-electron chi connectivity index (χ0n) is 11.8. The summed E-state index contributed by atoms with van der Waals surface area (Å²) in [5.74, 6) is -2.92. The Labute approximate surface area is 132 Å². The summed E-state index contributed by atoms with van der Waals surface area (Å²) in [4.78, 5) is 35.2. The van der Waals surface area contributed by atoms with Crippen molar-refractivity contribution in [2.24, 2.45) is 9.98 Å². The van der Waals surface area contributed by atoms with Crippen LogP contribution in [0.25, 0.3) is 0 Å². The number of anilines is 1. The SMILES string of the molecule is Nc1nc2c(c(=O)[nH]1)=N[C@@H]1[C@H](N=2)O[C@@H]2COP(=O)(O)O[C@@H]2C1(O)O. The molecule has 0 saturated carbocycles. The largest absolute Gasteiger partial charge is 0.472 e. The Morgan fingerprint density at radius 1 is 1.38 bits per heavy atom. The highest BCUT2D eigenvalue weighted by Gasteiger charge is 2.61. The summed E-state index contributed by atoms with van der Waals surface area (Å²) in [5.41, 5.74) is 4.60. The quantitative estimate of drug-likeness (QED) is 0.223. The van der Waals surface area contributed by atoms with Gasteiger partial charge in [0.25, 0.3) is 5.56 Å². The number of aliphatic hydroxyl groups is 2. The molecule has 130 valence electrons. The predicted octanol–water partition coefficient (Wildman–Crippen LogP) is -4.10. The molecule has 0 aliphatic carbocycles. The maximum Gasteiger partial charge on any atom is 0.472 e. The molecule has 24 heavy (non-hydrogen) atoms. The predicted molar refractivity (Wildman–Crippen MR) is 71.8 cm³/mol. The molecule has 14 heteroatoms. The molecule has 0 radical (unpaired) electrons. The zero-order chi connectivity index (χ0) is 17.3. The first-order valence-electron chi connectivity index (χ1n) is 6.75. The van der Waals surface area contributed by atoms with E-state index in [0.29, 0.717) is 0 Å². The van der Waals surface area contributed by atoms with Crippen LogP contribution in [0.15, 0.2) is 14.8 Å². The molecule has 0 amide bonds. The average molecular weight is 361 g/mol.